The first-order chi connectivity index (χ1) is 50.7. The number of aromatic nitrogens is 3. The van der Waals surface area contributed by atoms with Crippen LogP contribution in [0.3, 0.4) is 0 Å². The molecule has 0 fully saturated rings. The van der Waals surface area contributed by atoms with Gasteiger partial charge in [0.2, 0.25) is 0 Å². The van der Waals surface area contributed by atoms with Crippen LogP contribution in [-0.4, -0.2) is 47.6 Å². The van der Waals surface area contributed by atoms with Gasteiger partial charge in [0.1, 0.15) is 0 Å². The van der Waals surface area contributed by atoms with Crippen LogP contribution in [0.2, 0.25) is 0 Å². The molecule has 0 unspecified atom stereocenters. The fourth-order valence-corrected chi connectivity index (χ4v) is 14.6. The van der Waals surface area contributed by atoms with Gasteiger partial charge in [0, 0.05) is 112 Å². The Bertz CT molecular complexity index is 5480. The summed E-state index contributed by atoms with van der Waals surface area (Å²) in [5, 5.41) is 28.8. The Balaban J connectivity index is 0.000000196. The largest absolute Gasteiger partial charge is 0.512 e. The molecule has 9 nitrogen and oxygen atoms in total. The van der Waals surface area contributed by atoms with Gasteiger partial charge in [-0.1, -0.05) is 188 Å². The summed E-state index contributed by atoms with van der Waals surface area (Å²) in [6.07, 6.45) is 9.45. The van der Waals surface area contributed by atoms with Crippen molar-refractivity contribution in [2.45, 2.75) is 62.3 Å². The van der Waals surface area contributed by atoms with Crippen molar-refractivity contribution in [2.24, 2.45) is 0 Å². The molecular formula is C93H78Ir3N3O6S3-3. The van der Waals surface area contributed by atoms with Crippen molar-refractivity contribution in [1.82, 2.24) is 15.0 Å². The zero-order valence-electron chi connectivity index (χ0n) is 60.8. The van der Waals surface area contributed by atoms with Gasteiger partial charge in [0.15, 0.2) is 17.3 Å². The van der Waals surface area contributed by atoms with Crippen molar-refractivity contribution in [1.29, 1.82) is 0 Å². The van der Waals surface area contributed by atoms with Crippen LogP contribution in [-0.2, 0) is 74.7 Å². The normalized spacial score (nSPS) is 10.8. The molecule has 0 saturated carbocycles. The number of aliphatic hydroxyl groups excluding tert-OH is 3. The van der Waals surface area contributed by atoms with Crippen molar-refractivity contribution in [2.75, 3.05) is 0 Å². The number of fused-ring (bicyclic) bond motifs is 3. The van der Waals surface area contributed by atoms with Gasteiger partial charge in [-0.2, -0.15) is 0 Å². The van der Waals surface area contributed by atoms with E-state index in [1.807, 2.05) is 72.4 Å². The summed E-state index contributed by atoms with van der Waals surface area (Å²) in [6, 6.07) is 99.0. The second kappa shape index (κ2) is 41.9. The second-order valence-corrected chi connectivity index (χ2v) is 28.2. The van der Waals surface area contributed by atoms with E-state index in [0.29, 0.717) is 0 Å². The van der Waals surface area contributed by atoms with Crippen molar-refractivity contribution in [3.63, 3.8) is 0 Å². The SMILES string of the molecule is CC(=O)C=C(C)O.CC(=O)C=C(C)O.CC(=O)C=C(C)O.Cc1ccc(-c2cc3cc(-c4[c-]ccc(-c5ccccc5)c4)ncc3s2)cc1.Cc1cccc(C)c1-c1cc2cc(-c3[c-]ccc(-c4ccccc4)c3)ncc2s1.[Ir].[Ir].[Ir].[c-]1ccc(-c2ccccc2)cc1-c1cc2cc(-c3ccccc3)sc2cn1. The molecule has 0 amide bonds. The molecule has 15 heteroatoms. The summed E-state index contributed by atoms with van der Waals surface area (Å²) in [5.41, 5.74) is 20.8. The Labute approximate surface area is 685 Å². The fourth-order valence-electron chi connectivity index (χ4n) is 11.4. The molecule has 0 aliphatic rings. The topological polar surface area (TPSA) is 151 Å². The van der Waals surface area contributed by atoms with Crippen LogP contribution in [0, 0.1) is 39.0 Å². The van der Waals surface area contributed by atoms with Crippen LogP contribution in [0.1, 0.15) is 58.2 Å². The van der Waals surface area contributed by atoms with E-state index in [1.165, 1.54) is 171 Å². The molecule has 3 radical (unpaired) electrons. The van der Waals surface area contributed by atoms with Crippen molar-refractivity contribution >= 4 is 81.6 Å². The number of pyridine rings is 3. The third-order valence-electron chi connectivity index (χ3n) is 16.1. The summed E-state index contributed by atoms with van der Waals surface area (Å²) < 4.78 is 3.63. The van der Waals surface area contributed by atoms with Crippen molar-refractivity contribution < 1.29 is 90.0 Å². The van der Waals surface area contributed by atoms with Gasteiger partial charge in [-0.25, -0.2) is 0 Å². The van der Waals surface area contributed by atoms with Crippen LogP contribution >= 0.6 is 34.0 Å². The zero-order valence-corrected chi connectivity index (χ0v) is 70.5. The molecule has 6 aromatic heterocycles. The number of aliphatic hydroxyl groups is 3. The molecule has 3 N–H and O–H groups in total. The maximum Gasteiger partial charge on any atom is 0.155 e. The molecule has 15 rings (SSSR count). The summed E-state index contributed by atoms with van der Waals surface area (Å²) >= 11 is 5.38. The third kappa shape index (κ3) is 24.7. The zero-order chi connectivity index (χ0) is 74.4. The first-order valence-corrected chi connectivity index (χ1v) is 36.4. The summed E-state index contributed by atoms with van der Waals surface area (Å²) in [4.78, 5) is 48.1. The summed E-state index contributed by atoms with van der Waals surface area (Å²) in [5.74, 6) is -0.187. The smallest absolute Gasteiger partial charge is 0.155 e. The fraction of sp³-hybridized carbons (Fsp3) is 0.0968. The second-order valence-electron chi connectivity index (χ2n) is 24.9. The Morgan fingerprint density at radius 2 is 0.611 bits per heavy atom. The van der Waals surface area contributed by atoms with Crippen LogP contribution in [0.5, 0.6) is 0 Å². The molecule has 0 aliphatic carbocycles. The van der Waals surface area contributed by atoms with Gasteiger partial charge in [-0.3, -0.25) is 14.4 Å². The van der Waals surface area contributed by atoms with Gasteiger partial charge in [-0.15, -0.1) is 140 Å². The number of rotatable bonds is 12. The monoisotopic (exact) mass is 2010 g/mol. The van der Waals surface area contributed by atoms with Crippen LogP contribution in [0.15, 0.2) is 309 Å². The van der Waals surface area contributed by atoms with Crippen molar-refractivity contribution in [3.05, 3.63) is 344 Å². The summed E-state index contributed by atoms with van der Waals surface area (Å²) in [7, 11) is 0. The van der Waals surface area contributed by atoms with Crippen LogP contribution in [0.4, 0.5) is 0 Å². The minimum Gasteiger partial charge on any atom is -0.512 e. The van der Waals surface area contributed by atoms with Gasteiger partial charge in [0.25, 0.3) is 0 Å². The Morgan fingerprint density at radius 3 is 0.907 bits per heavy atom. The molecule has 0 spiro atoms. The first kappa shape index (κ1) is 85.1. The van der Waals surface area contributed by atoms with E-state index in [2.05, 4.69) is 251 Å². The molecule has 0 bridgehead atoms. The number of thiophene rings is 3. The average molecular weight is 2010 g/mol. The van der Waals surface area contributed by atoms with Gasteiger partial charge < -0.3 is 30.3 Å². The molecule has 0 saturated heterocycles. The molecule has 15 aromatic rings. The Hall–Kier alpha value is -10.1. The van der Waals surface area contributed by atoms with E-state index in [1.54, 1.807) is 22.7 Å². The molecule has 9 aromatic carbocycles. The van der Waals surface area contributed by atoms with Gasteiger partial charge in [0.05, 0.1) is 31.4 Å². The van der Waals surface area contributed by atoms with Crippen LogP contribution in [0.25, 0.3) is 129 Å². The quantitative estimate of drug-likeness (QED) is 0.0617. The number of allylic oxidation sites excluding steroid dienone is 6. The number of hydrogen-bond donors (Lipinski definition) is 3. The Morgan fingerprint density at radius 1 is 0.324 bits per heavy atom. The first-order valence-electron chi connectivity index (χ1n) is 33.9. The number of ketones is 3. The van der Waals surface area contributed by atoms with Gasteiger partial charge >= 0.3 is 0 Å². The number of aryl methyl sites for hydroxylation is 3. The molecule has 6 heterocycles. The van der Waals surface area contributed by atoms with E-state index in [-0.39, 0.29) is 94.9 Å². The standard InChI is InChI=1S/C27H20NS.C26H18NS.C25H16NS.3C5H8O2.3Ir/c1-18-8-6-9-19(2)27(18)25-16-23-15-24(28-17-26(23)29-25)22-13-7-12-21(14-22)20-10-4-3-5-11-20;1-18-10-12-20(13-11-18)25-16-23-15-24(27-17-26(23)28-25)22-9-5-8-21(14-22)19-6-3-2-4-7-19;1-3-8-18(9-4-1)20-12-7-13-21(14-20)23-15-22-16-24(27-25(22)17-26-23)19-10-5-2-6-11-19;3*1-4(6)3-5(2)7;;;/h3-12,14-17H,1-2H3;2-8,10-17H,1H3;1-12,14-17H;3*3,6H,1-2H3;;;/q3*-1;;;;;;. The maximum atomic E-state index is 10.0. The third-order valence-corrected chi connectivity index (χ3v) is 19.5. The molecular weight excluding hydrogens is 1930 g/mol. The number of nitrogens with zero attached hydrogens (tertiary/aromatic N) is 3. The average Bonchev–Trinajstić information content (AvgIpc) is 1.63. The van der Waals surface area contributed by atoms with Crippen molar-refractivity contribution in [3.8, 4) is 98.5 Å². The molecule has 0 atom stereocenters. The van der Waals surface area contributed by atoms with E-state index < -0.39 is 0 Å². The predicted octanol–water partition coefficient (Wildman–Crippen LogP) is 25.3. The van der Waals surface area contributed by atoms with E-state index >= 15 is 0 Å². The Kier molecular flexibility index (Phi) is 33.0. The maximum absolute atomic E-state index is 10.0. The van der Waals surface area contributed by atoms with E-state index in [9.17, 15) is 14.4 Å². The van der Waals surface area contributed by atoms with Gasteiger partial charge in [-0.05, 0) is 158 Å². The van der Waals surface area contributed by atoms with Crippen LogP contribution < -0.4 is 0 Å². The minimum atomic E-state index is -0.125. The molecule has 108 heavy (non-hydrogen) atoms. The number of hydrogen-bond acceptors (Lipinski definition) is 12. The number of carbonyl (C=O) groups is 3. The van der Waals surface area contributed by atoms with E-state index in [0.717, 1.165) is 33.8 Å². The minimum absolute atomic E-state index is 0. The molecule has 549 valence electrons. The van der Waals surface area contributed by atoms with E-state index in [4.69, 9.17) is 30.3 Å². The number of benzene rings is 9. The molecule has 0 aliphatic heterocycles. The number of carbonyl (C=O) groups excluding carboxylic acids is 3. The summed E-state index contributed by atoms with van der Waals surface area (Å²) in [6.45, 7) is 15.0. The predicted molar refractivity (Wildman–Crippen MR) is 440 cm³/mol.